The van der Waals surface area contributed by atoms with Crippen molar-refractivity contribution in [3.8, 4) is 17.2 Å². The number of ether oxygens (including phenoxy) is 1. The van der Waals surface area contributed by atoms with Crippen molar-refractivity contribution in [1.82, 2.24) is 10.2 Å². The molecular formula is C16H12FN3O3. The van der Waals surface area contributed by atoms with Gasteiger partial charge in [0.15, 0.2) is 0 Å². The summed E-state index contributed by atoms with van der Waals surface area (Å²) in [6.07, 6.45) is 0. The molecule has 1 heterocycles. The summed E-state index contributed by atoms with van der Waals surface area (Å²) in [5.74, 6) is 0.0152. The molecule has 116 valence electrons. The average Bonchev–Trinajstić information content (AvgIpc) is 3.04. The van der Waals surface area contributed by atoms with Gasteiger partial charge >= 0.3 is 6.01 Å². The summed E-state index contributed by atoms with van der Waals surface area (Å²) in [6.45, 7) is 0. The molecule has 23 heavy (non-hydrogen) atoms. The molecule has 0 saturated carbocycles. The molecule has 1 N–H and O–H groups in total. The Kier molecular flexibility index (Phi) is 4.01. The van der Waals surface area contributed by atoms with Gasteiger partial charge in [0.2, 0.25) is 5.89 Å². The van der Waals surface area contributed by atoms with Crippen molar-refractivity contribution < 1.29 is 18.3 Å². The van der Waals surface area contributed by atoms with E-state index in [4.69, 9.17) is 9.15 Å². The number of methoxy groups -OCH3 is 1. The molecule has 0 unspecified atom stereocenters. The number of benzene rings is 2. The van der Waals surface area contributed by atoms with Crippen molar-refractivity contribution in [2.75, 3.05) is 12.4 Å². The first-order chi connectivity index (χ1) is 11.2. The Labute approximate surface area is 130 Å². The van der Waals surface area contributed by atoms with E-state index in [0.29, 0.717) is 11.3 Å². The molecule has 1 amide bonds. The van der Waals surface area contributed by atoms with Gasteiger partial charge in [-0.3, -0.25) is 10.1 Å². The first kappa shape index (κ1) is 14.7. The van der Waals surface area contributed by atoms with Gasteiger partial charge in [0.05, 0.1) is 7.11 Å². The number of nitrogens with zero attached hydrogens (tertiary/aromatic N) is 2. The van der Waals surface area contributed by atoms with E-state index < -0.39 is 11.7 Å². The fourth-order valence-corrected chi connectivity index (χ4v) is 1.92. The molecule has 0 radical (unpaired) electrons. The topological polar surface area (TPSA) is 77.3 Å². The van der Waals surface area contributed by atoms with Crippen LogP contribution in [0.4, 0.5) is 10.4 Å². The van der Waals surface area contributed by atoms with Crippen LogP contribution in [0.25, 0.3) is 11.5 Å². The first-order valence-electron chi connectivity index (χ1n) is 6.70. The molecule has 0 spiro atoms. The highest BCUT2D eigenvalue weighted by Crippen LogP contribution is 2.24. The summed E-state index contributed by atoms with van der Waals surface area (Å²) < 4.78 is 23.4. The minimum absolute atomic E-state index is 0.0443. The Morgan fingerprint density at radius 1 is 1.17 bits per heavy atom. The van der Waals surface area contributed by atoms with E-state index in [1.165, 1.54) is 24.3 Å². The third kappa shape index (κ3) is 3.34. The zero-order chi connectivity index (χ0) is 16.2. The molecule has 0 aliphatic heterocycles. The highest BCUT2D eigenvalue weighted by atomic mass is 19.1. The largest absolute Gasteiger partial charge is 0.497 e. The quantitative estimate of drug-likeness (QED) is 0.800. The Morgan fingerprint density at radius 3 is 2.70 bits per heavy atom. The summed E-state index contributed by atoms with van der Waals surface area (Å²) >= 11 is 0. The molecular weight excluding hydrogens is 301 g/mol. The van der Waals surface area contributed by atoms with Gasteiger partial charge in [0, 0.05) is 11.1 Å². The van der Waals surface area contributed by atoms with Crippen LogP contribution in [0.3, 0.4) is 0 Å². The fraction of sp³-hybridized carbons (Fsp3) is 0.0625. The zero-order valence-electron chi connectivity index (χ0n) is 12.1. The second-order valence-corrected chi connectivity index (χ2v) is 4.61. The van der Waals surface area contributed by atoms with Crippen LogP contribution < -0.4 is 10.1 Å². The van der Waals surface area contributed by atoms with Gasteiger partial charge in [-0.25, -0.2) is 4.39 Å². The van der Waals surface area contributed by atoms with Crippen LogP contribution in [-0.4, -0.2) is 23.2 Å². The lowest BCUT2D eigenvalue weighted by Crippen LogP contribution is -2.12. The molecule has 1 aromatic heterocycles. The SMILES string of the molecule is COc1cccc(-c2nnc(NC(=O)c3ccc(F)cc3)o2)c1. The highest BCUT2D eigenvalue weighted by Gasteiger charge is 2.13. The smallest absolute Gasteiger partial charge is 0.322 e. The maximum absolute atomic E-state index is 12.8. The van der Waals surface area contributed by atoms with Crippen molar-refractivity contribution >= 4 is 11.9 Å². The Balaban J connectivity index is 1.76. The summed E-state index contributed by atoms with van der Waals surface area (Å²) in [5.41, 5.74) is 0.951. The van der Waals surface area contributed by atoms with E-state index in [1.54, 1.807) is 31.4 Å². The number of rotatable bonds is 4. The maximum Gasteiger partial charge on any atom is 0.322 e. The van der Waals surface area contributed by atoms with Crippen LogP contribution in [0.2, 0.25) is 0 Å². The van der Waals surface area contributed by atoms with Gasteiger partial charge < -0.3 is 9.15 Å². The van der Waals surface area contributed by atoms with Gasteiger partial charge in [-0.05, 0) is 42.5 Å². The minimum Gasteiger partial charge on any atom is -0.497 e. The molecule has 3 rings (SSSR count). The molecule has 0 saturated heterocycles. The molecule has 0 aliphatic rings. The molecule has 6 nitrogen and oxygen atoms in total. The molecule has 0 atom stereocenters. The second kappa shape index (κ2) is 6.27. The number of aromatic nitrogens is 2. The number of carbonyl (C=O) groups excluding carboxylic acids is 1. The van der Waals surface area contributed by atoms with Crippen molar-refractivity contribution in [3.05, 3.63) is 59.9 Å². The van der Waals surface area contributed by atoms with Crippen molar-refractivity contribution in [2.45, 2.75) is 0 Å². The lowest BCUT2D eigenvalue weighted by molar-refractivity contribution is 0.102. The van der Waals surface area contributed by atoms with Crippen molar-refractivity contribution in [3.63, 3.8) is 0 Å². The lowest BCUT2D eigenvalue weighted by atomic mass is 10.2. The van der Waals surface area contributed by atoms with Crippen LogP contribution in [0.5, 0.6) is 5.75 Å². The summed E-state index contributed by atoms with van der Waals surface area (Å²) in [5, 5.41) is 10.1. The molecule has 0 aliphatic carbocycles. The number of hydrogen-bond donors (Lipinski definition) is 1. The van der Waals surface area contributed by atoms with E-state index in [-0.39, 0.29) is 17.5 Å². The van der Waals surface area contributed by atoms with Crippen LogP contribution >= 0.6 is 0 Å². The average molecular weight is 313 g/mol. The molecule has 0 bridgehead atoms. The van der Waals surface area contributed by atoms with E-state index >= 15 is 0 Å². The molecule has 3 aromatic rings. The Hall–Kier alpha value is -3.22. The predicted molar refractivity (Wildman–Crippen MR) is 80.6 cm³/mol. The predicted octanol–water partition coefficient (Wildman–Crippen LogP) is 3.14. The summed E-state index contributed by atoms with van der Waals surface area (Å²) in [6, 6.07) is 12.2. The number of anilines is 1. The minimum atomic E-state index is -0.467. The maximum atomic E-state index is 12.8. The zero-order valence-corrected chi connectivity index (χ0v) is 12.1. The Bertz CT molecular complexity index is 831. The molecule has 2 aromatic carbocycles. The Morgan fingerprint density at radius 2 is 1.96 bits per heavy atom. The van der Waals surface area contributed by atoms with Crippen LogP contribution in [0.15, 0.2) is 52.9 Å². The number of halogens is 1. The standard InChI is InChI=1S/C16H12FN3O3/c1-22-13-4-2-3-11(9-13)15-19-20-16(23-15)18-14(21)10-5-7-12(17)8-6-10/h2-9H,1H3,(H,18,20,21). The van der Waals surface area contributed by atoms with Crippen LogP contribution in [-0.2, 0) is 0 Å². The number of carbonyl (C=O) groups is 1. The third-order valence-electron chi connectivity index (χ3n) is 3.07. The van der Waals surface area contributed by atoms with E-state index in [9.17, 15) is 9.18 Å². The first-order valence-corrected chi connectivity index (χ1v) is 6.70. The van der Waals surface area contributed by atoms with Gasteiger partial charge in [0.1, 0.15) is 11.6 Å². The van der Waals surface area contributed by atoms with Crippen LogP contribution in [0, 0.1) is 5.82 Å². The molecule has 7 heteroatoms. The monoisotopic (exact) mass is 313 g/mol. The van der Waals surface area contributed by atoms with Gasteiger partial charge in [-0.2, -0.15) is 0 Å². The van der Waals surface area contributed by atoms with Gasteiger partial charge in [-0.1, -0.05) is 11.2 Å². The van der Waals surface area contributed by atoms with E-state index in [1.807, 2.05) is 0 Å². The number of amides is 1. The van der Waals surface area contributed by atoms with Gasteiger partial charge in [0.25, 0.3) is 5.91 Å². The molecule has 0 fully saturated rings. The number of hydrogen-bond acceptors (Lipinski definition) is 5. The van der Waals surface area contributed by atoms with E-state index in [2.05, 4.69) is 15.5 Å². The number of nitrogens with one attached hydrogen (secondary N) is 1. The summed E-state index contributed by atoms with van der Waals surface area (Å²) in [4.78, 5) is 12.0. The van der Waals surface area contributed by atoms with E-state index in [0.717, 1.165) is 0 Å². The summed E-state index contributed by atoms with van der Waals surface area (Å²) in [7, 11) is 1.56. The third-order valence-corrected chi connectivity index (χ3v) is 3.07. The van der Waals surface area contributed by atoms with Gasteiger partial charge in [-0.15, -0.1) is 5.10 Å². The fourth-order valence-electron chi connectivity index (χ4n) is 1.92. The highest BCUT2D eigenvalue weighted by molar-refractivity contribution is 6.03. The van der Waals surface area contributed by atoms with Crippen molar-refractivity contribution in [1.29, 1.82) is 0 Å². The second-order valence-electron chi connectivity index (χ2n) is 4.61. The van der Waals surface area contributed by atoms with Crippen molar-refractivity contribution in [2.24, 2.45) is 0 Å². The normalized spacial score (nSPS) is 10.3. The lowest BCUT2D eigenvalue weighted by Gasteiger charge is -2.01. The van der Waals surface area contributed by atoms with Crippen LogP contribution in [0.1, 0.15) is 10.4 Å².